The van der Waals surface area contributed by atoms with E-state index in [4.69, 9.17) is 0 Å². The first-order valence-electron chi connectivity index (χ1n) is 8.96. The van der Waals surface area contributed by atoms with E-state index in [1.54, 1.807) is 0 Å². The monoisotopic (exact) mass is 313 g/mol. The molecule has 1 aromatic rings. The highest BCUT2D eigenvalue weighted by molar-refractivity contribution is 5.27. The lowest BCUT2D eigenvalue weighted by Gasteiger charge is -2.23. The molecule has 1 aromatic carbocycles. The first-order valence-corrected chi connectivity index (χ1v) is 8.96. The smallest absolute Gasteiger partial charge is 0.0802 e. The molecule has 2 rings (SSSR count). The van der Waals surface area contributed by atoms with Crippen molar-refractivity contribution in [1.82, 2.24) is 4.90 Å². The van der Waals surface area contributed by atoms with E-state index in [0.29, 0.717) is 0 Å². The van der Waals surface area contributed by atoms with Gasteiger partial charge >= 0.3 is 0 Å². The molecule has 1 atom stereocenters. The lowest BCUT2D eigenvalue weighted by Crippen LogP contribution is -2.26. The van der Waals surface area contributed by atoms with Crippen LogP contribution >= 0.6 is 0 Å². The Labute approximate surface area is 141 Å². The van der Waals surface area contributed by atoms with Crippen molar-refractivity contribution < 1.29 is 5.11 Å². The van der Waals surface area contributed by atoms with Gasteiger partial charge in [0.15, 0.2) is 0 Å². The minimum absolute atomic E-state index is 0.396. The van der Waals surface area contributed by atoms with Gasteiger partial charge in [-0.3, -0.25) is 4.90 Å². The van der Waals surface area contributed by atoms with Crippen LogP contribution in [0.1, 0.15) is 61.7 Å². The van der Waals surface area contributed by atoms with Gasteiger partial charge in [-0.15, -0.1) is 13.2 Å². The largest absolute Gasteiger partial charge is 0.388 e. The van der Waals surface area contributed by atoms with Gasteiger partial charge in [-0.25, -0.2) is 0 Å². The number of rotatable bonds is 9. The van der Waals surface area contributed by atoms with Crippen LogP contribution in [0.15, 0.2) is 49.6 Å². The van der Waals surface area contributed by atoms with Crippen LogP contribution < -0.4 is 0 Å². The fourth-order valence-electron chi connectivity index (χ4n) is 3.52. The summed E-state index contributed by atoms with van der Waals surface area (Å²) in [5, 5.41) is 10.4. The van der Waals surface area contributed by atoms with E-state index >= 15 is 0 Å². The maximum absolute atomic E-state index is 10.4. The van der Waals surface area contributed by atoms with Crippen LogP contribution in [0.5, 0.6) is 0 Å². The van der Waals surface area contributed by atoms with E-state index < -0.39 is 6.10 Å². The van der Waals surface area contributed by atoms with Crippen molar-refractivity contribution in [3.8, 4) is 0 Å². The Kier molecular flexibility index (Phi) is 7.57. The van der Waals surface area contributed by atoms with Gasteiger partial charge in [-0.2, -0.15) is 0 Å². The van der Waals surface area contributed by atoms with Gasteiger partial charge in [-0.1, -0.05) is 55.7 Å². The highest BCUT2D eigenvalue weighted by Crippen LogP contribution is 2.33. The molecule has 23 heavy (non-hydrogen) atoms. The molecule has 2 nitrogen and oxygen atoms in total. The molecule has 2 heteroatoms. The van der Waals surface area contributed by atoms with E-state index in [9.17, 15) is 5.11 Å². The second-order valence-electron chi connectivity index (χ2n) is 6.64. The van der Waals surface area contributed by atoms with Crippen molar-refractivity contribution in [1.29, 1.82) is 0 Å². The van der Waals surface area contributed by atoms with E-state index in [2.05, 4.69) is 42.3 Å². The third-order valence-electron chi connectivity index (χ3n) is 4.89. The predicted molar refractivity (Wildman–Crippen MR) is 98.7 cm³/mol. The lowest BCUT2D eigenvalue weighted by atomic mass is 9.84. The summed E-state index contributed by atoms with van der Waals surface area (Å²) in [4.78, 5) is 2.24. The van der Waals surface area contributed by atoms with Gasteiger partial charge in [0.1, 0.15) is 0 Å². The lowest BCUT2D eigenvalue weighted by molar-refractivity contribution is 0.148. The maximum atomic E-state index is 10.4. The average Bonchev–Trinajstić information content (AvgIpc) is 2.61. The molecule has 0 saturated heterocycles. The second-order valence-corrected chi connectivity index (χ2v) is 6.64. The van der Waals surface area contributed by atoms with E-state index in [1.807, 2.05) is 12.2 Å². The van der Waals surface area contributed by atoms with Crippen molar-refractivity contribution in [3.05, 3.63) is 60.7 Å². The molecule has 1 aliphatic rings. The Morgan fingerprint density at radius 3 is 2.22 bits per heavy atom. The molecule has 1 N–H and O–H groups in total. The summed E-state index contributed by atoms with van der Waals surface area (Å²) >= 11 is 0. The molecule has 0 aromatic heterocycles. The summed E-state index contributed by atoms with van der Waals surface area (Å²) < 4.78 is 0. The minimum atomic E-state index is -0.396. The number of hydrogen-bond donors (Lipinski definition) is 1. The zero-order valence-electron chi connectivity index (χ0n) is 14.3. The zero-order valence-corrected chi connectivity index (χ0v) is 14.3. The molecular weight excluding hydrogens is 282 g/mol. The first-order chi connectivity index (χ1) is 11.2. The fourth-order valence-corrected chi connectivity index (χ4v) is 3.52. The van der Waals surface area contributed by atoms with Crippen molar-refractivity contribution in [2.24, 2.45) is 0 Å². The Hall–Kier alpha value is -1.38. The fraction of sp³-hybridized carbons (Fsp3) is 0.524. The molecule has 0 bridgehead atoms. The number of aliphatic hydroxyl groups is 1. The van der Waals surface area contributed by atoms with Crippen molar-refractivity contribution in [2.75, 3.05) is 19.6 Å². The summed E-state index contributed by atoms with van der Waals surface area (Å²) in [6.45, 7) is 10.1. The number of aliphatic hydroxyl groups excluding tert-OH is 1. The second kappa shape index (κ2) is 9.69. The van der Waals surface area contributed by atoms with Gasteiger partial charge in [0.05, 0.1) is 6.10 Å². The van der Waals surface area contributed by atoms with Crippen molar-refractivity contribution in [3.63, 3.8) is 0 Å². The molecule has 0 aliphatic heterocycles. The number of benzene rings is 1. The van der Waals surface area contributed by atoms with Crippen LogP contribution in [0.3, 0.4) is 0 Å². The average molecular weight is 313 g/mol. The molecule has 1 unspecified atom stereocenters. The molecule has 0 heterocycles. The molecule has 1 aliphatic carbocycles. The Bertz CT molecular complexity index is 463. The van der Waals surface area contributed by atoms with Crippen LogP contribution in [-0.2, 0) is 0 Å². The topological polar surface area (TPSA) is 23.5 Å². The molecule has 0 spiro atoms. The van der Waals surface area contributed by atoms with Gasteiger partial charge in [-0.05, 0) is 36.3 Å². The van der Waals surface area contributed by atoms with Crippen LogP contribution in [-0.4, -0.2) is 29.6 Å². The molecule has 0 radical (unpaired) electrons. The third kappa shape index (κ3) is 5.63. The van der Waals surface area contributed by atoms with E-state index in [-0.39, 0.29) is 0 Å². The summed E-state index contributed by atoms with van der Waals surface area (Å²) in [7, 11) is 0. The first kappa shape index (κ1) is 18.0. The van der Waals surface area contributed by atoms with Gasteiger partial charge in [0.25, 0.3) is 0 Å². The normalized spacial score (nSPS) is 17.1. The molecule has 126 valence electrons. The van der Waals surface area contributed by atoms with Crippen LogP contribution in [0, 0.1) is 0 Å². The Balaban J connectivity index is 1.87. The summed E-state index contributed by atoms with van der Waals surface area (Å²) in [6.07, 6.45) is 10.9. The predicted octanol–water partition coefficient (Wildman–Crippen LogP) is 4.83. The highest BCUT2D eigenvalue weighted by Gasteiger charge is 2.16. The molecule has 1 saturated carbocycles. The Morgan fingerprint density at radius 2 is 1.65 bits per heavy atom. The third-order valence-corrected chi connectivity index (χ3v) is 4.89. The van der Waals surface area contributed by atoms with Gasteiger partial charge in [0, 0.05) is 19.6 Å². The molecule has 1 fully saturated rings. The number of nitrogens with zero attached hydrogens (tertiary/aromatic N) is 1. The van der Waals surface area contributed by atoms with Crippen LogP contribution in [0.25, 0.3) is 0 Å². The van der Waals surface area contributed by atoms with E-state index in [1.165, 1.54) is 37.7 Å². The zero-order chi connectivity index (χ0) is 16.5. The van der Waals surface area contributed by atoms with Crippen molar-refractivity contribution in [2.45, 2.75) is 50.5 Å². The van der Waals surface area contributed by atoms with Crippen LogP contribution in [0.2, 0.25) is 0 Å². The quantitative estimate of drug-likeness (QED) is 0.660. The standard InChI is InChI=1S/C21H31NO/c1-3-15-22(16-4-2)17-14-21(23)20-12-10-19(11-13-20)18-8-6-5-7-9-18/h3-4,10-13,18,21,23H,1-2,5-9,14-17H2. The summed E-state index contributed by atoms with van der Waals surface area (Å²) in [5.41, 5.74) is 2.47. The number of hydrogen-bond acceptors (Lipinski definition) is 2. The minimum Gasteiger partial charge on any atom is -0.388 e. The van der Waals surface area contributed by atoms with Gasteiger partial charge in [0.2, 0.25) is 0 Å². The van der Waals surface area contributed by atoms with Crippen LogP contribution in [0.4, 0.5) is 0 Å². The maximum Gasteiger partial charge on any atom is 0.0802 e. The molecular formula is C21H31NO. The molecule has 0 amide bonds. The van der Waals surface area contributed by atoms with E-state index in [0.717, 1.165) is 37.5 Å². The summed E-state index contributed by atoms with van der Waals surface area (Å²) in [6, 6.07) is 8.67. The summed E-state index contributed by atoms with van der Waals surface area (Å²) in [5.74, 6) is 0.727. The van der Waals surface area contributed by atoms with Gasteiger partial charge < -0.3 is 5.11 Å². The Morgan fingerprint density at radius 1 is 1.04 bits per heavy atom. The SMILES string of the molecule is C=CCN(CC=C)CCC(O)c1ccc(C2CCCCC2)cc1. The van der Waals surface area contributed by atoms with Crippen molar-refractivity contribution >= 4 is 0 Å². The highest BCUT2D eigenvalue weighted by atomic mass is 16.3.